The number of aryl methyl sites for hydroxylation is 1. The number of carboxylic acid groups (broad SMARTS) is 1. The lowest BCUT2D eigenvalue weighted by atomic mass is 10.4. The Morgan fingerprint density at radius 1 is 1.61 bits per heavy atom. The fraction of sp³-hybridized carbons (Fsp3) is 0.400. The molecule has 1 heterocycles. The molecule has 0 aliphatic heterocycles. The fourth-order valence-electron chi connectivity index (χ4n) is 1.40. The van der Waals surface area contributed by atoms with Gasteiger partial charge in [-0.1, -0.05) is 0 Å². The molecule has 1 aromatic heterocycles. The Morgan fingerprint density at radius 2 is 2.22 bits per heavy atom. The van der Waals surface area contributed by atoms with Gasteiger partial charge in [0.2, 0.25) is 10.0 Å². The highest BCUT2D eigenvalue weighted by Crippen LogP contribution is 2.17. The molecule has 0 radical (unpaired) electrons. The number of aromatic nitrogens is 1. The molecule has 1 rings (SSSR count). The largest absolute Gasteiger partial charge is 0.477 e. The van der Waals surface area contributed by atoms with E-state index in [1.165, 1.54) is 24.9 Å². The number of hydrogen-bond acceptors (Lipinski definition) is 4. The van der Waals surface area contributed by atoms with E-state index < -0.39 is 16.0 Å². The smallest absolute Gasteiger partial charge is 0.352 e. The summed E-state index contributed by atoms with van der Waals surface area (Å²) in [5.41, 5.74) is -0.109. The second-order valence-corrected chi connectivity index (χ2v) is 5.76. The van der Waals surface area contributed by atoms with Crippen molar-refractivity contribution in [1.82, 2.24) is 8.87 Å². The van der Waals surface area contributed by atoms with Crippen molar-refractivity contribution in [3.05, 3.63) is 18.0 Å². The summed E-state index contributed by atoms with van der Waals surface area (Å²) < 4.78 is 26.3. The van der Waals surface area contributed by atoms with Gasteiger partial charge in [0.25, 0.3) is 0 Å². The fourth-order valence-corrected chi connectivity index (χ4v) is 2.64. The van der Waals surface area contributed by atoms with E-state index in [-0.39, 0.29) is 23.6 Å². The maximum absolute atomic E-state index is 12.0. The summed E-state index contributed by atoms with van der Waals surface area (Å²) >= 11 is 0. The summed E-state index contributed by atoms with van der Waals surface area (Å²) in [6.45, 7) is 0.0656. The second-order valence-electron chi connectivity index (χ2n) is 3.71. The Labute approximate surface area is 105 Å². The maximum Gasteiger partial charge on any atom is 0.352 e. The minimum absolute atomic E-state index is 0.0656. The van der Waals surface area contributed by atoms with E-state index in [0.29, 0.717) is 0 Å². The van der Waals surface area contributed by atoms with Crippen molar-refractivity contribution in [2.45, 2.75) is 11.3 Å². The SMILES string of the molecule is CN(CCC#N)S(=O)(=O)c1cc(C(=O)O)n(C)c1. The van der Waals surface area contributed by atoms with E-state index in [9.17, 15) is 13.2 Å². The normalized spacial score (nSPS) is 11.4. The summed E-state index contributed by atoms with van der Waals surface area (Å²) in [7, 11) is -0.945. The van der Waals surface area contributed by atoms with Gasteiger partial charge in [-0.05, 0) is 6.07 Å². The lowest BCUT2D eigenvalue weighted by molar-refractivity contribution is 0.0686. The average molecular weight is 271 g/mol. The zero-order valence-electron chi connectivity index (χ0n) is 9.99. The van der Waals surface area contributed by atoms with Gasteiger partial charge in [-0.3, -0.25) is 0 Å². The molecule has 98 valence electrons. The van der Waals surface area contributed by atoms with E-state index in [4.69, 9.17) is 10.4 Å². The summed E-state index contributed by atoms with van der Waals surface area (Å²) in [5, 5.41) is 17.3. The number of sulfonamides is 1. The summed E-state index contributed by atoms with van der Waals surface area (Å²) in [5.74, 6) is -1.20. The average Bonchev–Trinajstić information content (AvgIpc) is 2.68. The lowest BCUT2D eigenvalue weighted by Crippen LogP contribution is -2.27. The topological polar surface area (TPSA) is 103 Å². The standard InChI is InChI=1S/C10H13N3O4S/c1-12-7-8(6-9(12)10(14)15)18(16,17)13(2)5-3-4-11/h6-7H,3,5H2,1-2H3,(H,14,15). The summed E-state index contributed by atoms with van der Waals surface area (Å²) in [6, 6.07) is 2.95. The van der Waals surface area contributed by atoms with Gasteiger partial charge in [0, 0.05) is 33.3 Å². The molecule has 0 bridgehead atoms. The highest BCUT2D eigenvalue weighted by atomic mass is 32.2. The minimum Gasteiger partial charge on any atom is -0.477 e. The molecule has 1 N–H and O–H groups in total. The highest BCUT2D eigenvalue weighted by molar-refractivity contribution is 7.89. The number of aromatic carboxylic acids is 1. The van der Waals surface area contributed by atoms with Gasteiger partial charge in [-0.15, -0.1) is 0 Å². The number of nitriles is 1. The third kappa shape index (κ3) is 2.69. The van der Waals surface area contributed by atoms with Crippen LogP contribution in [0.15, 0.2) is 17.2 Å². The first kappa shape index (κ1) is 14.2. The van der Waals surface area contributed by atoms with Gasteiger partial charge in [0.05, 0.1) is 6.07 Å². The molecule has 0 saturated heterocycles. The van der Waals surface area contributed by atoms with Crippen LogP contribution in [0.4, 0.5) is 0 Å². The molecule has 0 amide bonds. The molecule has 0 saturated carbocycles. The third-order valence-electron chi connectivity index (χ3n) is 2.45. The molecule has 0 fully saturated rings. The highest BCUT2D eigenvalue weighted by Gasteiger charge is 2.24. The van der Waals surface area contributed by atoms with Crippen LogP contribution < -0.4 is 0 Å². The monoisotopic (exact) mass is 271 g/mol. The zero-order chi connectivity index (χ0) is 13.9. The van der Waals surface area contributed by atoms with Crippen LogP contribution in [0, 0.1) is 11.3 Å². The molecule has 0 unspecified atom stereocenters. The first-order valence-corrected chi connectivity index (χ1v) is 6.47. The molecule has 0 aliphatic carbocycles. The van der Waals surface area contributed by atoms with E-state index in [1.54, 1.807) is 0 Å². The Kier molecular flexibility index (Phi) is 4.11. The van der Waals surface area contributed by atoms with Crippen molar-refractivity contribution < 1.29 is 18.3 Å². The molecule has 0 atom stereocenters. The van der Waals surface area contributed by atoms with Gasteiger partial charge in [0.15, 0.2) is 0 Å². The number of nitrogens with zero attached hydrogens (tertiary/aromatic N) is 3. The first-order chi connectivity index (χ1) is 8.30. The predicted octanol–water partition coefficient (Wildman–Crippen LogP) is 0.257. The quantitative estimate of drug-likeness (QED) is 0.827. The van der Waals surface area contributed by atoms with Gasteiger partial charge in [-0.25, -0.2) is 13.2 Å². The molecular formula is C10H13N3O4S. The van der Waals surface area contributed by atoms with Crippen molar-refractivity contribution >= 4 is 16.0 Å². The molecule has 0 aromatic carbocycles. The van der Waals surface area contributed by atoms with Crippen molar-refractivity contribution in [3.8, 4) is 6.07 Å². The molecule has 8 heteroatoms. The Hall–Kier alpha value is -1.85. The van der Waals surface area contributed by atoms with E-state index >= 15 is 0 Å². The molecule has 18 heavy (non-hydrogen) atoms. The maximum atomic E-state index is 12.0. The van der Waals surface area contributed by atoms with Gasteiger partial charge >= 0.3 is 5.97 Å². The summed E-state index contributed by atoms with van der Waals surface area (Å²) in [4.78, 5) is 10.7. The molecular weight excluding hydrogens is 258 g/mol. The van der Waals surface area contributed by atoms with Gasteiger partial charge < -0.3 is 9.67 Å². The molecule has 0 aliphatic rings. The van der Waals surface area contributed by atoms with Crippen LogP contribution in [0.1, 0.15) is 16.9 Å². The van der Waals surface area contributed by atoms with E-state index in [2.05, 4.69) is 0 Å². The molecule has 7 nitrogen and oxygen atoms in total. The van der Waals surface area contributed by atoms with Crippen LogP contribution >= 0.6 is 0 Å². The number of carbonyl (C=O) groups is 1. The minimum atomic E-state index is -3.75. The molecule has 1 aromatic rings. The van der Waals surface area contributed by atoms with E-state index in [1.807, 2.05) is 6.07 Å². The number of hydrogen-bond donors (Lipinski definition) is 1. The van der Waals surface area contributed by atoms with Crippen molar-refractivity contribution in [2.75, 3.05) is 13.6 Å². The Balaban J connectivity index is 3.10. The van der Waals surface area contributed by atoms with Crippen molar-refractivity contribution in [1.29, 1.82) is 5.26 Å². The lowest BCUT2D eigenvalue weighted by Gasteiger charge is -2.13. The van der Waals surface area contributed by atoms with Gasteiger partial charge in [0.1, 0.15) is 10.6 Å². The first-order valence-electron chi connectivity index (χ1n) is 5.03. The third-order valence-corrected chi connectivity index (χ3v) is 4.27. The molecule has 0 spiro atoms. The van der Waals surface area contributed by atoms with Crippen LogP contribution in [-0.2, 0) is 17.1 Å². The van der Waals surface area contributed by atoms with Crippen LogP contribution in [0.25, 0.3) is 0 Å². The van der Waals surface area contributed by atoms with Crippen molar-refractivity contribution in [3.63, 3.8) is 0 Å². The van der Waals surface area contributed by atoms with Crippen LogP contribution in [0.5, 0.6) is 0 Å². The van der Waals surface area contributed by atoms with Gasteiger partial charge in [-0.2, -0.15) is 9.57 Å². The summed E-state index contributed by atoms with van der Waals surface area (Å²) in [6.07, 6.45) is 1.32. The van der Waals surface area contributed by atoms with E-state index in [0.717, 1.165) is 10.4 Å². The van der Waals surface area contributed by atoms with Crippen LogP contribution in [-0.4, -0.2) is 42.0 Å². The van der Waals surface area contributed by atoms with Crippen LogP contribution in [0.3, 0.4) is 0 Å². The van der Waals surface area contributed by atoms with Crippen LogP contribution in [0.2, 0.25) is 0 Å². The number of carboxylic acids is 1. The van der Waals surface area contributed by atoms with Crippen molar-refractivity contribution in [2.24, 2.45) is 7.05 Å². The Morgan fingerprint density at radius 3 is 2.67 bits per heavy atom. The predicted molar refractivity (Wildman–Crippen MR) is 62.4 cm³/mol. The Bertz CT molecular complexity index is 597. The second kappa shape index (κ2) is 5.20. The number of rotatable bonds is 5. The zero-order valence-corrected chi connectivity index (χ0v) is 10.8.